The number of nitrogens with two attached hydrogens (primary N) is 1. The van der Waals surface area contributed by atoms with Gasteiger partial charge in [-0.05, 0) is 24.7 Å². The normalized spacial score (nSPS) is 19.6. The number of hydrogen-bond donors (Lipinski definition) is 3. The Kier molecular flexibility index (Phi) is 5.60. The van der Waals surface area contributed by atoms with E-state index < -0.39 is 0 Å². The van der Waals surface area contributed by atoms with Crippen molar-refractivity contribution in [2.45, 2.75) is 64.3 Å². The first-order valence-corrected chi connectivity index (χ1v) is 7.03. The van der Waals surface area contributed by atoms with Crippen LogP contribution in [0, 0.1) is 5.41 Å². The molecule has 0 aliphatic heterocycles. The molecule has 1 fully saturated rings. The van der Waals surface area contributed by atoms with Crippen LogP contribution in [0.3, 0.4) is 0 Å². The third kappa shape index (κ3) is 5.36. The molecule has 1 rings (SSSR count). The third-order valence-electron chi connectivity index (χ3n) is 3.91. The van der Waals surface area contributed by atoms with Crippen molar-refractivity contribution in [2.75, 3.05) is 13.2 Å². The first-order valence-electron chi connectivity index (χ1n) is 7.03. The van der Waals surface area contributed by atoms with Gasteiger partial charge in [-0.15, -0.1) is 0 Å². The number of rotatable bonds is 6. The number of carbonyl (C=O) groups excluding carboxylic acids is 1. The second-order valence-corrected chi connectivity index (χ2v) is 6.51. The summed E-state index contributed by atoms with van der Waals surface area (Å²) >= 11 is 0. The fraction of sp³-hybridized carbons (Fsp3) is 0.929. The van der Waals surface area contributed by atoms with E-state index in [1.54, 1.807) is 0 Å². The molecular weight excluding hydrogens is 228 g/mol. The predicted molar refractivity (Wildman–Crippen MR) is 73.1 cm³/mol. The van der Waals surface area contributed by atoms with Gasteiger partial charge in [-0.3, -0.25) is 4.79 Å². The Morgan fingerprint density at radius 2 is 1.94 bits per heavy atom. The second kappa shape index (κ2) is 6.53. The smallest absolute Gasteiger partial charge is 0.221 e. The van der Waals surface area contributed by atoms with Gasteiger partial charge in [0.1, 0.15) is 0 Å². The quantitative estimate of drug-likeness (QED) is 0.675. The van der Waals surface area contributed by atoms with Crippen LogP contribution in [0.2, 0.25) is 0 Å². The van der Waals surface area contributed by atoms with E-state index in [-0.39, 0.29) is 23.5 Å². The summed E-state index contributed by atoms with van der Waals surface area (Å²) in [4.78, 5) is 11.9. The zero-order valence-corrected chi connectivity index (χ0v) is 11.8. The van der Waals surface area contributed by atoms with Gasteiger partial charge in [0, 0.05) is 25.1 Å². The van der Waals surface area contributed by atoms with Crippen LogP contribution < -0.4 is 11.1 Å². The molecule has 18 heavy (non-hydrogen) atoms. The third-order valence-corrected chi connectivity index (χ3v) is 3.91. The van der Waals surface area contributed by atoms with Crippen molar-refractivity contribution in [1.82, 2.24) is 5.32 Å². The van der Waals surface area contributed by atoms with Crippen LogP contribution in [0.1, 0.15) is 58.8 Å². The van der Waals surface area contributed by atoms with Crippen LogP contribution in [-0.2, 0) is 4.79 Å². The lowest BCUT2D eigenvalue weighted by Gasteiger charge is -2.33. The van der Waals surface area contributed by atoms with Crippen LogP contribution in [0.5, 0.6) is 0 Å². The minimum absolute atomic E-state index is 0.0467. The molecule has 0 atom stereocenters. The highest BCUT2D eigenvalue weighted by atomic mass is 16.3. The molecule has 4 N–H and O–H groups in total. The number of hydrogen-bond acceptors (Lipinski definition) is 3. The van der Waals surface area contributed by atoms with Crippen molar-refractivity contribution in [2.24, 2.45) is 11.1 Å². The molecule has 4 nitrogen and oxygen atoms in total. The molecular formula is C14H28N2O2. The molecule has 1 amide bonds. The molecule has 0 spiro atoms. The highest BCUT2D eigenvalue weighted by Crippen LogP contribution is 2.28. The fourth-order valence-corrected chi connectivity index (χ4v) is 2.54. The maximum Gasteiger partial charge on any atom is 0.221 e. The molecule has 0 aromatic heterocycles. The molecule has 1 aliphatic carbocycles. The predicted octanol–water partition coefficient (Wildman–Crippen LogP) is 1.56. The number of aliphatic hydroxyl groups excluding tert-OH is 1. The number of nitrogens with one attached hydrogen (secondary N) is 1. The Hall–Kier alpha value is -0.610. The van der Waals surface area contributed by atoms with Gasteiger partial charge in [0.2, 0.25) is 5.91 Å². The largest absolute Gasteiger partial charge is 0.396 e. The van der Waals surface area contributed by atoms with Gasteiger partial charge in [0.05, 0.1) is 0 Å². The summed E-state index contributed by atoms with van der Waals surface area (Å²) in [6, 6.07) is 0. The van der Waals surface area contributed by atoms with Gasteiger partial charge < -0.3 is 16.2 Å². The highest BCUT2D eigenvalue weighted by Gasteiger charge is 2.30. The molecule has 0 saturated heterocycles. The van der Waals surface area contributed by atoms with Crippen LogP contribution >= 0.6 is 0 Å². The molecule has 0 radical (unpaired) electrons. The summed E-state index contributed by atoms with van der Waals surface area (Å²) in [5, 5.41) is 11.9. The van der Waals surface area contributed by atoms with E-state index in [1.807, 2.05) is 13.8 Å². The van der Waals surface area contributed by atoms with Crippen molar-refractivity contribution < 1.29 is 9.90 Å². The zero-order valence-electron chi connectivity index (χ0n) is 11.8. The van der Waals surface area contributed by atoms with Gasteiger partial charge in [-0.1, -0.05) is 33.1 Å². The van der Waals surface area contributed by atoms with E-state index in [4.69, 9.17) is 10.8 Å². The summed E-state index contributed by atoms with van der Waals surface area (Å²) in [6.45, 7) is 4.84. The van der Waals surface area contributed by atoms with Crippen LogP contribution in [0.15, 0.2) is 0 Å². The first kappa shape index (κ1) is 15.4. The molecule has 0 bridgehead atoms. The van der Waals surface area contributed by atoms with E-state index in [0.717, 1.165) is 25.7 Å². The molecule has 1 saturated carbocycles. The van der Waals surface area contributed by atoms with Crippen molar-refractivity contribution >= 4 is 5.91 Å². The van der Waals surface area contributed by atoms with E-state index in [2.05, 4.69) is 5.32 Å². The minimum atomic E-state index is -0.288. The van der Waals surface area contributed by atoms with Gasteiger partial charge >= 0.3 is 0 Å². The molecule has 1 aliphatic rings. The van der Waals surface area contributed by atoms with Gasteiger partial charge in [-0.2, -0.15) is 0 Å². The van der Waals surface area contributed by atoms with Crippen LogP contribution in [0.25, 0.3) is 0 Å². The molecule has 0 aromatic rings. The Morgan fingerprint density at radius 1 is 1.33 bits per heavy atom. The summed E-state index contributed by atoms with van der Waals surface area (Å²) in [5.41, 5.74) is 5.91. The van der Waals surface area contributed by atoms with Gasteiger partial charge in [-0.25, -0.2) is 0 Å². The lowest BCUT2D eigenvalue weighted by molar-refractivity contribution is -0.123. The van der Waals surface area contributed by atoms with E-state index in [1.165, 1.54) is 6.42 Å². The lowest BCUT2D eigenvalue weighted by atomic mass is 9.80. The summed E-state index contributed by atoms with van der Waals surface area (Å²) in [5.74, 6) is 0.0467. The Balaban J connectivity index is 2.32. The van der Waals surface area contributed by atoms with Crippen LogP contribution in [0.4, 0.5) is 0 Å². The first-order chi connectivity index (χ1) is 8.37. The van der Waals surface area contributed by atoms with Crippen molar-refractivity contribution in [1.29, 1.82) is 0 Å². The maximum atomic E-state index is 11.9. The van der Waals surface area contributed by atoms with Gasteiger partial charge in [0.25, 0.3) is 0 Å². The van der Waals surface area contributed by atoms with E-state index in [9.17, 15) is 4.79 Å². The number of aliphatic hydroxyl groups is 1. The minimum Gasteiger partial charge on any atom is -0.396 e. The Bertz CT molecular complexity index is 271. The average molecular weight is 256 g/mol. The van der Waals surface area contributed by atoms with Crippen molar-refractivity contribution in [3.63, 3.8) is 0 Å². The lowest BCUT2D eigenvalue weighted by Crippen LogP contribution is -2.47. The monoisotopic (exact) mass is 256 g/mol. The Labute approximate surface area is 110 Å². The summed E-state index contributed by atoms with van der Waals surface area (Å²) in [7, 11) is 0. The summed E-state index contributed by atoms with van der Waals surface area (Å²) < 4.78 is 0. The zero-order chi connectivity index (χ0) is 13.6. The SMILES string of the molecule is CC(C)(CCO)CNC(=O)CC1(N)CCCCC1. The fourth-order valence-electron chi connectivity index (χ4n) is 2.54. The Morgan fingerprint density at radius 3 is 2.50 bits per heavy atom. The van der Waals surface area contributed by atoms with Crippen LogP contribution in [-0.4, -0.2) is 29.7 Å². The molecule has 0 unspecified atom stereocenters. The van der Waals surface area contributed by atoms with Crippen molar-refractivity contribution in [3.8, 4) is 0 Å². The topological polar surface area (TPSA) is 75.3 Å². The second-order valence-electron chi connectivity index (χ2n) is 6.51. The van der Waals surface area contributed by atoms with E-state index in [0.29, 0.717) is 19.4 Å². The average Bonchev–Trinajstić information content (AvgIpc) is 2.27. The number of amides is 1. The highest BCUT2D eigenvalue weighted by molar-refractivity contribution is 5.77. The maximum absolute atomic E-state index is 11.9. The molecule has 4 heteroatoms. The van der Waals surface area contributed by atoms with E-state index >= 15 is 0 Å². The number of carbonyl (C=O) groups is 1. The standard InChI is InChI=1S/C14H28N2O2/c1-13(2,8-9-17)11-16-12(18)10-14(15)6-4-3-5-7-14/h17H,3-11,15H2,1-2H3,(H,16,18). The van der Waals surface area contributed by atoms with Gasteiger partial charge in [0.15, 0.2) is 0 Å². The van der Waals surface area contributed by atoms with Crippen molar-refractivity contribution in [3.05, 3.63) is 0 Å². The molecule has 106 valence electrons. The molecule has 0 heterocycles. The summed E-state index contributed by atoms with van der Waals surface area (Å²) in [6.07, 6.45) is 6.56. The molecule has 0 aromatic carbocycles.